The van der Waals surface area contributed by atoms with E-state index < -0.39 is 4.92 Å². The van der Waals surface area contributed by atoms with Crippen LogP contribution in [0, 0.1) is 22.0 Å². The summed E-state index contributed by atoms with van der Waals surface area (Å²) in [5.74, 6) is 1.47. The van der Waals surface area contributed by atoms with Crippen molar-refractivity contribution in [3.8, 4) is 11.5 Å². The molecule has 0 bridgehead atoms. The van der Waals surface area contributed by atoms with Crippen molar-refractivity contribution in [2.24, 2.45) is 11.8 Å². The van der Waals surface area contributed by atoms with Gasteiger partial charge in [-0.25, -0.2) is 0 Å². The van der Waals surface area contributed by atoms with Crippen molar-refractivity contribution in [2.45, 2.75) is 13.8 Å². The average molecular weight is 332 g/mol. The summed E-state index contributed by atoms with van der Waals surface area (Å²) in [6.07, 6.45) is 0. The average Bonchev–Trinajstić information content (AvgIpc) is 2.38. The minimum absolute atomic E-state index is 0.0728. The fraction of sp³-hybridized carbons (Fsp3) is 0.538. The summed E-state index contributed by atoms with van der Waals surface area (Å²) in [5, 5.41) is 11.8. The zero-order valence-corrected chi connectivity index (χ0v) is 12.8. The fourth-order valence-corrected chi connectivity index (χ4v) is 2.44. The van der Waals surface area contributed by atoms with E-state index in [9.17, 15) is 10.1 Å². The van der Waals surface area contributed by atoms with Crippen LogP contribution in [-0.4, -0.2) is 24.0 Å². The molecule has 0 saturated carbocycles. The van der Waals surface area contributed by atoms with Crippen LogP contribution >= 0.6 is 15.9 Å². The summed E-state index contributed by atoms with van der Waals surface area (Å²) in [6.45, 7) is 4.63. The second-order valence-corrected chi connectivity index (χ2v) is 5.21. The van der Waals surface area contributed by atoms with Crippen molar-refractivity contribution in [2.75, 3.05) is 19.0 Å². The lowest BCUT2D eigenvalue weighted by Crippen LogP contribution is -2.19. The van der Waals surface area contributed by atoms with E-state index in [1.54, 1.807) is 12.1 Å². The Hall–Kier alpha value is -1.30. The third-order valence-electron chi connectivity index (χ3n) is 2.96. The van der Waals surface area contributed by atoms with Crippen LogP contribution in [0.4, 0.5) is 5.69 Å². The van der Waals surface area contributed by atoms with Gasteiger partial charge in [0.2, 0.25) is 0 Å². The fourth-order valence-electron chi connectivity index (χ4n) is 1.50. The van der Waals surface area contributed by atoms with Crippen molar-refractivity contribution >= 4 is 21.6 Å². The van der Waals surface area contributed by atoms with Gasteiger partial charge in [-0.15, -0.1) is 0 Å². The lowest BCUT2D eigenvalue weighted by molar-refractivity contribution is -0.386. The van der Waals surface area contributed by atoms with E-state index in [4.69, 9.17) is 9.47 Å². The summed E-state index contributed by atoms with van der Waals surface area (Å²) in [6, 6.07) is 4.59. The summed E-state index contributed by atoms with van der Waals surface area (Å²) in [7, 11) is 1.47. The Morgan fingerprint density at radius 2 is 2.11 bits per heavy atom. The lowest BCUT2D eigenvalue weighted by Gasteiger charge is -2.18. The first-order valence-corrected chi connectivity index (χ1v) is 7.13. The van der Waals surface area contributed by atoms with Crippen LogP contribution in [-0.2, 0) is 0 Å². The van der Waals surface area contributed by atoms with Crippen LogP contribution in [0.2, 0.25) is 0 Å². The van der Waals surface area contributed by atoms with Crippen LogP contribution in [0.1, 0.15) is 13.8 Å². The second kappa shape index (κ2) is 7.33. The van der Waals surface area contributed by atoms with Crippen molar-refractivity contribution in [3.05, 3.63) is 28.3 Å². The number of rotatable bonds is 7. The first-order chi connectivity index (χ1) is 8.99. The summed E-state index contributed by atoms with van der Waals surface area (Å²) in [5.41, 5.74) is -0.0728. The number of hydrogen-bond acceptors (Lipinski definition) is 4. The molecule has 19 heavy (non-hydrogen) atoms. The number of ether oxygens (including phenoxy) is 2. The number of nitro benzene ring substituents is 1. The lowest BCUT2D eigenvalue weighted by atomic mass is 9.99. The van der Waals surface area contributed by atoms with Gasteiger partial charge >= 0.3 is 5.69 Å². The smallest absolute Gasteiger partial charge is 0.314 e. The highest BCUT2D eigenvalue weighted by atomic mass is 79.9. The molecule has 0 heterocycles. The molecule has 0 fully saturated rings. The van der Waals surface area contributed by atoms with Crippen LogP contribution in [0.15, 0.2) is 18.2 Å². The minimum atomic E-state index is -0.462. The maximum absolute atomic E-state index is 11.0. The summed E-state index contributed by atoms with van der Waals surface area (Å²) in [4.78, 5) is 10.5. The molecule has 1 aromatic carbocycles. The first kappa shape index (κ1) is 15.8. The molecule has 0 N–H and O–H groups in total. The zero-order valence-electron chi connectivity index (χ0n) is 11.3. The first-order valence-electron chi connectivity index (χ1n) is 6.00. The Bertz CT molecular complexity index is 437. The standard InChI is InChI=1S/C13H18BrNO4/c1-9(2)10(7-14)8-19-13-5-4-11(18-3)6-12(13)15(16)17/h4-6,9-10H,7-8H2,1-3H3. The number of methoxy groups -OCH3 is 1. The molecule has 0 aromatic heterocycles. The monoisotopic (exact) mass is 331 g/mol. The van der Waals surface area contributed by atoms with Gasteiger partial charge < -0.3 is 9.47 Å². The number of benzene rings is 1. The highest BCUT2D eigenvalue weighted by Gasteiger charge is 2.19. The van der Waals surface area contributed by atoms with E-state index in [1.807, 2.05) is 0 Å². The van der Waals surface area contributed by atoms with Gasteiger partial charge in [-0.1, -0.05) is 29.8 Å². The van der Waals surface area contributed by atoms with E-state index in [2.05, 4.69) is 29.8 Å². The van der Waals surface area contributed by atoms with Crippen molar-refractivity contribution in [3.63, 3.8) is 0 Å². The number of nitro groups is 1. The Kier molecular flexibility index (Phi) is 6.08. The van der Waals surface area contributed by atoms with E-state index in [0.717, 1.165) is 5.33 Å². The van der Waals surface area contributed by atoms with Crippen molar-refractivity contribution in [1.82, 2.24) is 0 Å². The molecule has 0 saturated heterocycles. The number of nitrogens with zero attached hydrogens (tertiary/aromatic N) is 1. The Labute approximate surface area is 121 Å². The summed E-state index contributed by atoms with van der Waals surface area (Å²) < 4.78 is 10.6. The maximum Gasteiger partial charge on any atom is 0.314 e. The van der Waals surface area contributed by atoms with Crippen molar-refractivity contribution < 1.29 is 14.4 Å². The number of hydrogen-bond donors (Lipinski definition) is 0. The molecule has 5 nitrogen and oxygen atoms in total. The number of alkyl halides is 1. The molecular formula is C13H18BrNO4. The second-order valence-electron chi connectivity index (χ2n) is 4.56. The van der Waals surface area contributed by atoms with Crippen LogP contribution in [0.25, 0.3) is 0 Å². The molecule has 0 aliphatic carbocycles. The Morgan fingerprint density at radius 1 is 1.42 bits per heavy atom. The SMILES string of the molecule is COc1ccc(OCC(CBr)C(C)C)c([N+](=O)[O-])c1. The third kappa shape index (κ3) is 4.38. The molecule has 106 valence electrons. The molecule has 0 amide bonds. The Balaban J connectivity index is 2.85. The highest BCUT2D eigenvalue weighted by Crippen LogP contribution is 2.31. The highest BCUT2D eigenvalue weighted by molar-refractivity contribution is 9.09. The van der Waals surface area contributed by atoms with E-state index >= 15 is 0 Å². The van der Waals surface area contributed by atoms with Crippen LogP contribution in [0.3, 0.4) is 0 Å². The predicted octanol–water partition coefficient (Wildman–Crippen LogP) is 3.65. The topological polar surface area (TPSA) is 61.6 Å². The van der Waals surface area contributed by atoms with Crippen molar-refractivity contribution in [1.29, 1.82) is 0 Å². The van der Waals surface area contributed by atoms with Gasteiger partial charge in [-0.3, -0.25) is 10.1 Å². The predicted molar refractivity (Wildman–Crippen MR) is 77.3 cm³/mol. The van der Waals surface area contributed by atoms with Gasteiger partial charge in [-0.2, -0.15) is 0 Å². The van der Waals surface area contributed by atoms with Gasteiger partial charge in [-0.05, 0) is 18.1 Å². The zero-order chi connectivity index (χ0) is 14.4. The largest absolute Gasteiger partial charge is 0.496 e. The molecule has 0 aliphatic heterocycles. The van der Waals surface area contributed by atoms with E-state index in [-0.39, 0.29) is 11.4 Å². The maximum atomic E-state index is 11.0. The molecule has 0 radical (unpaired) electrons. The molecule has 6 heteroatoms. The van der Waals surface area contributed by atoms with Crippen LogP contribution < -0.4 is 9.47 Å². The number of halogens is 1. The van der Waals surface area contributed by atoms with Gasteiger partial charge in [0.1, 0.15) is 5.75 Å². The van der Waals surface area contributed by atoms with Gasteiger partial charge in [0.15, 0.2) is 5.75 Å². The normalized spacial score (nSPS) is 12.3. The molecule has 1 atom stereocenters. The van der Waals surface area contributed by atoms with Gasteiger partial charge in [0.05, 0.1) is 24.7 Å². The Morgan fingerprint density at radius 3 is 2.58 bits per heavy atom. The molecule has 1 rings (SSSR count). The van der Waals surface area contributed by atoms with Crippen LogP contribution in [0.5, 0.6) is 11.5 Å². The molecule has 0 spiro atoms. The molecule has 1 unspecified atom stereocenters. The molecular weight excluding hydrogens is 314 g/mol. The van der Waals surface area contributed by atoms with Gasteiger partial charge in [0.25, 0.3) is 0 Å². The third-order valence-corrected chi connectivity index (χ3v) is 3.79. The minimum Gasteiger partial charge on any atom is -0.496 e. The van der Waals surface area contributed by atoms with E-state index in [1.165, 1.54) is 13.2 Å². The van der Waals surface area contributed by atoms with E-state index in [0.29, 0.717) is 24.2 Å². The quantitative estimate of drug-likeness (QED) is 0.434. The molecule has 0 aliphatic rings. The van der Waals surface area contributed by atoms with Gasteiger partial charge in [0, 0.05) is 11.2 Å². The summed E-state index contributed by atoms with van der Waals surface area (Å²) >= 11 is 3.43. The molecule has 1 aromatic rings.